The Morgan fingerprint density at radius 2 is 2.25 bits per heavy atom. The summed E-state index contributed by atoms with van der Waals surface area (Å²) in [5.74, 6) is -0.685. The Bertz CT molecular complexity index is 629. The van der Waals surface area contributed by atoms with Crippen LogP contribution in [-0.4, -0.2) is 17.4 Å². The second-order valence-corrected chi connectivity index (χ2v) is 6.69. The Morgan fingerprint density at radius 3 is 3.00 bits per heavy atom. The van der Waals surface area contributed by atoms with Crippen molar-refractivity contribution in [2.24, 2.45) is 0 Å². The molecule has 1 saturated heterocycles. The predicted octanol–water partition coefficient (Wildman–Crippen LogP) is 4.63. The first kappa shape index (κ1) is 13.8. The highest BCUT2D eigenvalue weighted by Gasteiger charge is 2.32. The van der Waals surface area contributed by atoms with Crippen LogP contribution in [0.4, 0.5) is 4.39 Å². The van der Waals surface area contributed by atoms with Crippen LogP contribution < -0.4 is 0 Å². The molecule has 0 aliphatic carbocycles. The summed E-state index contributed by atoms with van der Waals surface area (Å²) in [5, 5.41) is 2.01. The van der Waals surface area contributed by atoms with Gasteiger partial charge in [-0.3, -0.25) is 4.79 Å². The lowest BCUT2D eigenvalue weighted by molar-refractivity contribution is 0.0733. The van der Waals surface area contributed by atoms with Crippen molar-refractivity contribution < 1.29 is 9.18 Å². The second-order valence-electron chi connectivity index (χ2n) is 4.80. The van der Waals surface area contributed by atoms with Crippen molar-refractivity contribution in [3.8, 4) is 0 Å². The van der Waals surface area contributed by atoms with Crippen LogP contribution in [0.5, 0.6) is 0 Å². The van der Waals surface area contributed by atoms with Gasteiger partial charge < -0.3 is 4.90 Å². The first-order valence-corrected chi connectivity index (χ1v) is 8.13. The SMILES string of the molecule is O=C(c1cc(Br)ccc1F)N1CCCC1c1cccs1. The number of hydrogen-bond donors (Lipinski definition) is 0. The van der Waals surface area contributed by atoms with Gasteiger partial charge >= 0.3 is 0 Å². The molecule has 2 nitrogen and oxygen atoms in total. The van der Waals surface area contributed by atoms with Crippen LogP contribution in [0.3, 0.4) is 0 Å². The number of carbonyl (C=O) groups excluding carboxylic acids is 1. The Labute approximate surface area is 129 Å². The average molecular weight is 354 g/mol. The van der Waals surface area contributed by atoms with Crippen LogP contribution in [0, 0.1) is 5.82 Å². The molecular formula is C15H13BrFNOS. The molecule has 1 fully saturated rings. The number of hydrogen-bond acceptors (Lipinski definition) is 2. The van der Waals surface area contributed by atoms with Crippen molar-refractivity contribution in [1.82, 2.24) is 4.90 Å². The lowest BCUT2D eigenvalue weighted by atomic mass is 10.1. The minimum atomic E-state index is -0.463. The quantitative estimate of drug-likeness (QED) is 0.770. The van der Waals surface area contributed by atoms with Gasteiger partial charge in [0, 0.05) is 15.9 Å². The smallest absolute Gasteiger partial charge is 0.257 e. The third-order valence-electron chi connectivity index (χ3n) is 3.54. The van der Waals surface area contributed by atoms with E-state index in [9.17, 15) is 9.18 Å². The Morgan fingerprint density at radius 1 is 1.40 bits per heavy atom. The van der Waals surface area contributed by atoms with Crippen LogP contribution in [0.2, 0.25) is 0 Å². The van der Waals surface area contributed by atoms with Gasteiger partial charge in [-0.25, -0.2) is 4.39 Å². The molecule has 1 aliphatic rings. The van der Waals surface area contributed by atoms with Gasteiger partial charge in [-0.05, 0) is 42.5 Å². The summed E-state index contributed by atoms with van der Waals surface area (Å²) in [6, 6.07) is 8.60. The molecule has 2 aromatic rings. The summed E-state index contributed by atoms with van der Waals surface area (Å²) >= 11 is 4.94. The molecule has 0 radical (unpaired) electrons. The first-order valence-electron chi connectivity index (χ1n) is 6.46. The zero-order chi connectivity index (χ0) is 14.1. The van der Waals surface area contributed by atoms with E-state index < -0.39 is 5.82 Å². The third kappa shape index (κ3) is 2.52. The molecule has 0 saturated carbocycles. The molecule has 2 heterocycles. The van der Waals surface area contributed by atoms with Crippen molar-refractivity contribution in [2.45, 2.75) is 18.9 Å². The highest BCUT2D eigenvalue weighted by molar-refractivity contribution is 9.10. The number of nitrogens with zero attached hydrogens (tertiary/aromatic N) is 1. The number of amides is 1. The molecule has 0 N–H and O–H groups in total. The van der Waals surface area contributed by atoms with Gasteiger partial charge in [0.05, 0.1) is 11.6 Å². The molecule has 1 aromatic heterocycles. The molecule has 1 aromatic carbocycles. The van der Waals surface area contributed by atoms with Crippen LogP contribution in [0.15, 0.2) is 40.2 Å². The van der Waals surface area contributed by atoms with Gasteiger partial charge in [-0.2, -0.15) is 0 Å². The highest BCUT2D eigenvalue weighted by atomic mass is 79.9. The minimum absolute atomic E-state index is 0.0841. The van der Waals surface area contributed by atoms with Crippen molar-refractivity contribution >= 4 is 33.2 Å². The van der Waals surface area contributed by atoms with Gasteiger partial charge in [0.1, 0.15) is 5.82 Å². The zero-order valence-corrected chi connectivity index (χ0v) is 13.1. The summed E-state index contributed by atoms with van der Waals surface area (Å²) in [6.45, 7) is 0.688. The third-order valence-corrected chi connectivity index (χ3v) is 5.01. The summed E-state index contributed by atoms with van der Waals surface area (Å²) in [4.78, 5) is 15.6. The average Bonchev–Trinajstić information content (AvgIpc) is 3.10. The number of benzene rings is 1. The number of carbonyl (C=O) groups is 1. The predicted molar refractivity (Wildman–Crippen MR) is 81.4 cm³/mol. The number of halogens is 2. The molecule has 1 unspecified atom stereocenters. The van der Waals surface area contributed by atoms with Crippen LogP contribution in [0.25, 0.3) is 0 Å². The van der Waals surface area contributed by atoms with E-state index in [1.54, 1.807) is 28.4 Å². The van der Waals surface area contributed by atoms with Crippen molar-refractivity contribution in [3.63, 3.8) is 0 Å². The van der Waals surface area contributed by atoms with Crippen molar-refractivity contribution in [3.05, 3.63) is 56.4 Å². The number of rotatable bonds is 2. The molecule has 104 valence electrons. The van der Waals surface area contributed by atoms with Crippen molar-refractivity contribution in [2.75, 3.05) is 6.54 Å². The molecule has 0 spiro atoms. The van der Waals surface area contributed by atoms with Gasteiger partial charge in [-0.15, -0.1) is 11.3 Å². The van der Waals surface area contributed by atoms with E-state index in [4.69, 9.17) is 0 Å². The van der Waals surface area contributed by atoms with E-state index in [0.717, 1.165) is 12.8 Å². The largest absolute Gasteiger partial charge is 0.331 e. The van der Waals surface area contributed by atoms with Gasteiger partial charge in [0.2, 0.25) is 0 Å². The zero-order valence-electron chi connectivity index (χ0n) is 10.7. The van der Waals surface area contributed by atoms with Gasteiger partial charge in [0.15, 0.2) is 0 Å². The summed E-state index contributed by atoms with van der Waals surface area (Å²) < 4.78 is 14.6. The van der Waals surface area contributed by atoms with E-state index >= 15 is 0 Å². The molecule has 1 amide bonds. The molecule has 5 heteroatoms. The van der Waals surface area contributed by atoms with Crippen LogP contribution in [0.1, 0.15) is 34.1 Å². The number of thiophene rings is 1. The maximum absolute atomic E-state index is 13.9. The maximum Gasteiger partial charge on any atom is 0.257 e. The monoisotopic (exact) mass is 353 g/mol. The molecule has 1 aliphatic heterocycles. The first-order chi connectivity index (χ1) is 9.66. The van der Waals surface area contributed by atoms with Crippen LogP contribution >= 0.6 is 27.3 Å². The Balaban J connectivity index is 1.91. The minimum Gasteiger partial charge on any atom is -0.331 e. The van der Waals surface area contributed by atoms with Gasteiger partial charge in [0.25, 0.3) is 5.91 Å². The van der Waals surface area contributed by atoms with E-state index in [-0.39, 0.29) is 17.5 Å². The molecule has 20 heavy (non-hydrogen) atoms. The molecule has 3 rings (SSSR count). The van der Waals surface area contributed by atoms with E-state index in [1.165, 1.54) is 10.9 Å². The lowest BCUT2D eigenvalue weighted by Gasteiger charge is -2.24. The van der Waals surface area contributed by atoms with Gasteiger partial charge in [-0.1, -0.05) is 22.0 Å². The summed E-state index contributed by atoms with van der Waals surface area (Å²) in [7, 11) is 0. The van der Waals surface area contributed by atoms with Crippen molar-refractivity contribution in [1.29, 1.82) is 0 Å². The standard InChI is InChI=1S/C15H13BrFNOS/c16-10-5-6-12(17)11(9-10)15(19)18-7-1-3-13(18)14-4-2-8-20-14/h2,4-6,8-9,13H,1,3,7H2. The Hall–Kier alpha value is -1.20. The van der Waals surface area contributed by atoms with E-state index in [0.29, 0.717) is 11.0 Å². The maximum atomic E-state index is 13.9. The van der Waals surface area contributed by atoms with Crippen LogP contribution in [-0.2, 0) is 0 Å². The molecular weight excluding hydrogens is 341 g/mol. The highest BCUT2D eigenvalue weighted by Crippen LogP contribution is 2.35. The lowest BCUT2D eigenvalue weighted by Crippen LogP contribution is -2.30. The summed E-state index contributed by atoms with van der Waals surface area (Å²) in [5.41, 5.74) is 0.142. The van der Waals surface area contributed by atoms with E-state index in [2.05, 4.69) is 15.9 Å². The fraction of sp³-hybridized carbons (Fsp3) is 0.267. The topological polar surface area (TPSA) is 20.3 Å². The fourth-order valence-corrected chi connectivity index (χ4v) is 3.84. The Kier molecular flexibility index (Phi) is 3.89. The number of likely N-dealkylation sites (tertiary alicyclic amines) is 1. The summed E-state index contributed by atoms with van der Waals surface area (Å²) in [6.07, 6.45) is 1.91. The molecule has 1 atom stereocenters. The second kappa shape index (κ2) is 5.66. The fourth-order valence-electron chi connectivity index (χ4n) is 2.60. The molecule has 0 bridgehead atoms. The van der Waals surface area contributed by atoms with E-state index in [1.807, 2.05) is 17.5 Å². The normalized spacial score (nSPS) is 18.5.